The Morgan fingerprint density at radius 1 is 1.32 bits per heavy atom. The zero-order chi connectivity index (χ0) is 14.0. The second-order valence-corrected chi connectivity index (χ2v) is 4.26. The van der Waals surface area contributed by atoms with Crippen molar-refractivity contribution in [2.75, 3.05) is 11.9 Å². The number of aromatic nitrogens is 2. The molecule has 3 N–H and O–H groups in total. The first-order valence-corrected chi connectivity index (χ1v) is 5.88. The van der Waals surface area contributed by atoms with E-state index in [-0.39, 0.29) is 12.1 Å². The van der Waals surface area contributed by atoms with Crippen molar-refractivity contribution in [1.29, 1.82) is 0 Å². The molecule has 1 heterocycles. The molecule has 6 nitrogen and oxygen atoms in total. The van der Waals surface area contributed by atoms with Crippen molar-refractivity contribution >= 4 is 11.6 Å². The van der Waals surface area contributed by atoms with Crippen molar-refractivity contribution in [2.24, 2.45) is 12.8 Å². The molecule has 100 valence electrons. The van der Waals surface area contributed by atoms with Crippen molar-refractivity contribution in [2.45, 2.75) is 6.92 Å². The minimum Gasteiger partial charge on any atom is -0.370 e. The summed E-state index contributed by atoms with van der Waals surface area (Å²) in [5.41, 5.74) is 6.79. The van der Waals surface area contributed by atoms with Crippen LogP contribution in [0.5, 0.6) is 0 Å². The number of nitrogens with zero attached hydrogens (tertiary/aromatic N) is 2. The lowest BCUT2D eigenvalue weighted by molar-refractivity contribution is -0.116. The molecule has 0 aliphatic rings. The molecule has 6 heteroatoms. The van der Waals surface area contributed by atoms with Gasteiger partial charge in [-0.3, -0.25) is 14.3 Å². The molecule has 19 heavy (non-hydrogen) atoms. The third-order valence-corrected chi connectivity index (χ3v) is 2.99. The van der Waals surface area contributed by atoms with E-state index < -0.39 is 5.91 Å². The predicted molar refractivity (Wildman–Crippen MR) is 73.4 cm³/mol. The normalized spacial score (nSPS) is 10.4. The first-order chi connectivity index (χ1) is 9.02. The van der Waals surface area contributed by atoms with E-state index in [1.54, 1.807) is 16.4 Å². The SMILES string of the molecule is Cc1c(NCC(N)=O)c(=O)n(-c2ccccc2)n1C. The average Bonchev–Trinajstić information content (AvgIpc) is 2.59. The van der Waals surface area contributed by atoms with E-state index in [9.17, 15) is 9.59 Å². The lowest BCUT2D eigenvalue weighted by atomic mass is 10.3. The average molecular weight is 260 g/mol. The van der Waals surface area contributed by atoms with Gasteiger partial charge in [0.25, 0.3) is 5.56 Å². The highest BCUT2D eigenvalue weighted by Crippen LogP contribution is 2.13. The van der Waals surface area contributed by atoms with E-state index in [1.807, 2.05) is 37.3 Å². The van der Waals surface area contributed by atoms with Crippen molar-refractivity contribution < 1.29 is 4.79 Å². The zero-order valence-electron chi connectivity index (χ0n) is 10.9. The molecule has 1 aromatic heterocycles. The van der Waals surface area contributed by atoms with Crippen LogP contribution in [0.2, 0.25) is 0 Å². The van der Waals surface area contributed by atoms with Gasteiger partial charge >= 0.3 is 0 Å². The molecule has 0 saturated carbocycles. The summed E-state index contributed by atoms with van der Waals surface area (Å²) in [6.45, 7) is 1.75. The first kappa shape index (κ1) is 12.9. The minimum absolute atomic E-state index is 0.0606. The molecule has 2 rings (SSSR count). The van der Waals surface area contributed by atoms with Crippen LogP contribution in [0.15, 0.2) is 35.1 Å². The number of nitrogens with one attached hydrogen (secondary N) is 1. The first-order valence-electron chi connectivity index (χ1n) is 5.88. The van der Waals surface area contributed by atoms with Crippen LogP contribution in [-0.2, 0) is 11.8 Å². The number of para-hydroxylation sites is 1. The molecule has 1 amide bonds. The van der Waals surface area contributed by atoms with Gasteiger partial charge in [-0.25, -0.2) is 4.68 Å². The summed E-state index contributed by atoms with van der Waals surface area (Å²) in [7, 11) is 1.79. The number of carbonyl (C=O) groups is 1. The third-order valence-electron chi connectivity index (χ3n) is 2.99. The van der Waals surface area contributed by atoms with E-state index in [1.165, 1.54) is 0 Å². The van der Waals surface area contributed by atoms with Crippen LogP contribution in [0.4, 0.5) is 5.69 Å². The summed E-state index contributed by atoms with van der Waals surface area (Å²) < 4.78 is 3.28. The number of hydrogen-bond donors (Lipinski definition) is 2. The predicted octanol–water partition coefficient (Wildman–Crippen LogP) is 0.382. The van der Waals surface area contributed by atoms with Crippen LogP contribution in [0.3, 0.4) is 0 Å². The van der Waals surface area contributed by atoms with Gasteiger partial charge in [-0.2, -0.15) is 0 Å². The van der Waals surface area contributed by atoms with E-state index in [2.05, 4.69) is 5.32 Å². The van der Waals surface area contributed by atoms with Crippen LogP contribution >= 0.6 is 0 Å². The maximum absolute atomic E-state index is 12.4. The lowest BCUT2D eigenvalue weighted by Crippen LogP contribution is -2.25. The molecule has 0 saturated heterocycles. The molecule has 0 atom stereocenters. The van der Waals surface area contributed by atoms with Crippen LogP contribution in [-0.4, -0.2) is 21.8 Å². The van der Waals surface area contributed by atoms with Crippen molar-refractivity contribution in [1.82, 2.24) is 9.36 Å². The molecular formula is C13H16N4O2. The van der Waals surface area contributed by atoms with Crippen molar-refractivity contribution in [3.63, 3.8) is 0 Å². The Hall–Kier alpha value is -2.50. The van der Waals surface area contributed by atoms with Gasteiger partial charge in [0.2, 0.25) is 5.91 Å². The van der Waals surface area contributed by atoms with Gasteiger partial charge in [-0.05, 0) is 19.1 Å². The van der Waals surface area contributed by atoms with Crippen LogP contribution < -0.4 is 16.6 Å². The van der Waals surface area contributed by atoms with Gasteiger partial charge in [-0.15, -0.1) is 0 Å². The summed E-state index contributed by atoms with van der Waals surface area (Å²) in [5.74, 6) is -0.506. The number of rotatable bonds is 4. The Morgan fingerprint density at radius 2 is 1.95 bits per heavy atom. The molecule has 0 radical (unpaired) electrons. The highest BCUT2D eigenvalue weighted by molar-refractivity contribution is 5.79. The zero-order valence-corrected chi connectivity index (χ0v) is 10.9. The molecular weight excluding hydrogens is 244 g/mol. The van der Waals surface area contributed by atoms with Crippen LogP contribution in [0, 0.1) is 6.92 Å². The maximum Gasteiger partial charge on any atom is 0.295 e. The standard InChI is InChI=1S/C13H16N4O2/c1-9-12(15-8-11(14)18)13(19)17(16(9)2)10-6-4-3-5-7-10/h3-7,15H,8H2,1-2H3,(H2,14,18). The third kappa shape index (κ3) is 2.37. The topological polar surface area (TPSA) is 82.1 Å². The Labute approximate surface area is 110 Å². The van der Waals surface area contributed by atoms with Crippen molar-refractivity contribution in [3.8, 4) is 5.69 Å². The number of anilines is 1. The largest absolute Gasteiger partial charge is 0.370 e. The summed E-state index contributed by atoms with van der Waals surface area (Å²) in [5, 5.41) is 2.78. The Kier molecular flexibility index (Phi) is 3.41. The summed E-state index contributed by atoms with van der Waals surface area (Å²) in [4.78, 5) is 23.2. The monoisotopic (exact) mass is 260 g/mol. The number of nitrogens with two attached hydrogens (primary N) is 1. The van der Waals surface area contributed by atoms with E-state index >= 15 is 0 Å². The number of benzene rings is 1. The summed E-state index contributed by atoms with van der Waals surface area (Å²) in [6.07, 6.45) is 0. The molecule has 2 aromatic rings. The Bertz CT molecular complexity index is 655. The summed E-state index contributed by atoms with van der Waals surface area (Å²) in [6, 6.07) is 9.30. The molecule has 0 fully saturated rings. The fourth-order valence-electron chi connectivity index (χ4n) is 1.95. The van der Waals surface area contributed by atoms with Gasteiger partial charge in [0.05, 0.1) is 17.9 Å². The van der Waals surface area contributed by atoms with Gasteiger partial charge in [0.15, 0.2) is 0 Å². The quantitative estimate of drug-likeness (QED) is 0.834. The van der Waals surface area contributed by atoms with Gasteiger partial charge < -0.3 is 11.1 Å². The highest BCUT2D eigenvalue weighted by Gasteiger charge is 2.15. The second kappa shape index (κ2) is 5.01. The van der Waals surface area contributed by atoms with Gasteiger partial charge in [0, 0.05) is 7.05 Å². The summed E-state index contributed by atoms with van der Waals surface area (Å²) >= 11 is 0. The number of hydrogen-bond acceptors (Lipinski definition) is 3. The van der Waals surface area contributed by atoms with Crippen LogP contribution in [0.25, 0.3) is 5.69 Å². The molecule has 0 spiro atoms. The number of primary amides is 1. The fourth-order valence-corrected chi connectivity index (χ4v) is 1.95. The smallest absolute Gasteiger partial charge is 0.295 e. The molecule has 1 aromatic carbocycles. The van der Waals surface area contributed by atoms with E-state index in [4.69, 9.17) is 5.73 Å². The lowest BCUT2D eigenvalue weighted by Gasteiger charge is -2.07. The highest BCUT2D eigenvalue weighted by atomic mass is 16.1. The Morgan fingerprint density at radius 3 is 2.53 bits per heavy atom. The number of carbonyl (C=O) groups excluding carboxylic acids is 1. The van der Waals surface area contributed by atoms with Crippen molar-refractivity contribution in [3.05, 3.63) is 46.4 Å². The maximum atomic E-state index is 12.4. The minimum atomic E-state index is -0.506. The van der Waals surface area contributed by atoms with E-state index in [0.29, 0.717) is 5.69 Å². The van der Waals surface area contributed by atoms with Gasteiger partial charge in [-0.1, -0.05) is 18.2 Å². The molecule has 0 unspecified atom stereocenters. The second-order valence-electron chi connectivity index (χ2n) is 4.26. The van der Waals surface area contributed by atoms with Gasteiger partial charge in [0.1, 0.15) is 5.69 Å². The Balaban J connectivity index is 2.50. The molecule has 0 bridgehead atoms. The van der Waals surface area contributed by atoms with Crippen LogP contribution in [0.1, 0.15) is 5.69 Å². The number of amides is 1. The molecule has 0 aliphatic carbocycles. The van der Waals surface area contributed by atoms with E-state index in [0.717, 1.165) is 11.4 Å². The molecule has 0 aliphatic heterocycles. The fraction of sp³-hybridized carbons (Fsp3) is 0.231.